The summed E-state index contributed by atoms with van der Waals surface area (Å²) < 4.78 is 0. The number of rotatable bonds is 3. The number of carbonyl (C=O) groups excluding carboxylic acids is 1. The molecule has 5 nitrogen and oxygen atoms in total. The Morgan fingerprint density at radius 2 is 1.70 bits per heavy atom. The van der Waals surface area contributed by atoms with E-state index in [1.165, 1.54) is 12.1 Å². The van der Waals surface area contributed by atoms with Gasteiger partial charge < -0.3 is 15.5 Å². The minimum Gasteiger partial charge on any atom is -0.872 e. The third-order valence-electron chi connectivity index (χ3n) is 2.51. The second-order valence-corrected chi connectivity index (χ2v) is 3.84. The first-order chi connectivity index (χ1) is 9.08. The minimum atomic E-state index is -1.29. The van der Waals surface area contributed by atoms with Gasteiger partial charge in [-0.25, -0.2) is 4.79 Å². The van der Waals surface area contributed by atoms with Crippen molar-refractivity contribution in [1.29, 1.82) is 0 Å². The number of hydrogen-bond donors (Lipinski definition) is 2. The number of anilines is 1. The molecule has 2 N–H and O–H groups in total. The second-order valence-electron chi connectivity index (χ2n) is 3.84. The molecule has 0 saturated carbocycles. The molecule has 0 spiro atoms. The van der Waals surface area contributed by atoms with E-state index in [1.807, 2.05) is 0 Å². The van der Waals surface area contributed by atoms with Crippen molar-refractivity contribution < 1.29 is 19.8 Å². The van der Waals surface area contributed by atoms with Crippen molar-refractivity contribution in [2.45, 2.75) is 0 Å². The van der Waals surface area contributed by atoms with E-state index in [4.69, 9.17) is 5.11 Å². The van der Waals surface area contributed by atoms with Gasteiger partial charge in [-0.05, 0) is 30.3 Å². The molecule has 0 heterocycles. The Morgan fingerprint density at radius 1 is 1.05 bits per heavy atom. The fraction of sp³-hybridized carbons (Fsp3) is 0. The topological polar surface area (TPSA) is 89.5 Å². The molecule has 0 aromatic heterocycles. The molecule has 2 aromatic carbocycles. The van der Waals surface area contributed by atoms with Gasteiger partial charge in [0, 0.05) is 11.3 Å². The van der Waals surface area contributed by atoms with Crippen LogP contribution in [0.4, 0.5) is 5.69 Å². The quantitative estimate of drug-likeness (QED) is 0.836. The molecule has 20 heavy (non-hydrogen) atoms. The largest absolute Gasteiger partial charge is 2.00 e. The molecule has 2 rings (SSSR count). The zero-order valence-electron chi connectivity index (χ0n) is 10.5. The van der Waals surface area contributed by atoms with Gasteiger partial charge in [-0.2, -0.15) is 0 Å². The van der Waals surface area contributed by atoms with Crippen LogP contribution in [0.25, 0.3) is 0 Å². The van der Waals surface area contributed by atoms with Gasteiger partial charge in [0.2, 0.25) is 0 Å². The van der Waals surface area contributed by atoms with Crippen LogP contribution in [0.15, 0.2) is 48.5 Å². The van der Waals surface area contributed by atoms with E-state index in [1.54, 1.807) is 30.3 Å². The van der Waals surface area contributed by atoms with Gasteiger partial charge in [-0.15, -0.1) is 0 Å². The molecule has 0 aliphatic carbocycles. The van der Waals surface area contributed by atoms with Crippen LogP contribution in [-0.4, -0.2) is 54.7 Å². The number of carboxylic acid groups (broad SMARTS) is 1. The van der Waals surface area contributed by atoms with Crippen molar-refractivity contribution in [3.8, 4) is 5.75 Å². The van der Waals surface area contributed by atoms with E-state index in [0.717, 1.165) is 6.07 Å². The van der Waals surface area contributed by atoms with E-state index in [2.05, 4.69) is 5.32 Å². The van der Waals surface area contributed by atoms with E-state index in [-0.39, 0.29) is 54.9 Å². The SMILES string of the molecule is O=C(Nc1ccc(C(=O)O)c([O-])c1)c1ccccc1.[Ca+2]. The first-order valence-corrected chi connectivity index (χ1v) is 5.48. The third kappa shape index (κ3) is 3.96. The zero-order chi connectivity index (χ0) is 13.8. The summed E-state index contributed by atoms with van der Waals surface area (Å²) in [6, 6.07) is 12.1. The van der Waals surface area contributed by atoms with Crippen molar-refractivity contribution in [3.05, 3.63) is 59.7 Å². The molecule has 0 saturated heterocycles. The number of carbonyl (C=O) groups is 2. The molecule has 96 valence electrons. The molecule has 0 fully saturated rings. The van der Waals surface area contributed by atoms with Crippen LogP contribution in [-0.2, 0) is 0 Å². The number of amides is 1. The predicted molar refractivity (Wildman–Crippen MR) is 73.0 cm³/mol. The van der Waals surface area contributed by atoms with Gasteiger partial charge in [-0.1, -0.05) is 23.9 Å². The Balaban J connectivity index is 0.00000200. The Morgan fingerprint density at radius 3 is 2.25 bits per heavy atom. The van der Waals surface area contributed by atoms with Crippen LogP contribution in [0.5, 0.6) is 5.75 Å². The summed E-state index contributed by atoms with van der Waals surface area (Å²) in [6.45, 7) is 0. The van der Waals surface area contributed by atoms with E-state index in [0.29, 0.717) is 5.56 Å². The average molecular weight is 296 g/mol. The zero-order valence-corrected chi connectivity index (χ0v) is 12.7. The maximum atomic E-state index is 11.8. The number of benzene rings is 2. The summed E-state index contributed by atoms with van der Waals surface area (Å²) in [5.74, 6) is -2.28. The number of carboxylic acids is 1. The first kappa shape index (κ1) is 16.5. The normalized spacial score (nSPS) is 9.40. The Kier molecular flexibility index (Phi) is 6.01. The van der Waals surface area contributed by atoms with Crippen LogP contribution < -0.4 is 10.4 Å². The van der Waals surface area contributed by atoms with Gasteiger partial charge in [-0.3, -0.25) is 4.79 Å². The van der Waals surface area contributed by atoms with Crippen molar-refractivity contribution in [2.75, 3.05) is 5.32 Å². The van der Waals surface area contributed by atoms with Crippen LogP contribution in [0.2, 0.25) is 0 Å². The Labute approximate surface area is 145 Å². The fourth-order valence-corrected chi connectivity index (χ4v) is 1.57. The molecule has 0 bridgehead atoms. The summed E-state index contributed by atoms with van der Waals surface area (Å²) in [5, 5.41) is 22.7. The summed E-state index contributed by atoms with van der Waals surface area (Å²) >= 11 is 0. The van der Waals surface area contributed by atoms with Gasteiger partial charge in [0.25, 0.3) is 5.91 Å². The van der Waals surface area contributed by atoms with Crippen molar-refractivity contribution in [2.24, 2.45) is 0 Å². The Hall–Kier alpha value is -1.56. The maximum absolute atomic E-state index is 11.8. The molecular weight excluding hydrogens is 286 g/mol. The second kappa shape index (κ2) is 7.28. The summed E-state index contributed by atoms with van der Waals surface area (Å²) in [7, 11) is 0. The minimum absolute atomic E-state index is 0. The van der Waals surface area contributed by atoms with Crippen LogP contribution in [0.1, 0.15) is 20.7 Å². The molecule has 0 radical (unpaired) electrons. The van der Waals surface area contributed by atoms with Gasteiger partial charge in [0.1, 0.15) is 0 Å². The standard InChI is InChI=1S/C14H11NO4.Ca/c16-12-8-10(6-7-11(12)14(18)19)15-13(17)9-4-2-1-3-5-9;/h1-8,16H,(H,15,17)(H,18,19);/q;+2/p-1. The Bertz CT molecular complexity index is 628. The molecule has 0 unspecified atom stereocenters. The van der Waals surface area contributed by atoms with Crippen LogP contribution >= 0.6 is 0 Å². The molecule has 0 atom stereocenters. The maximum Gasteiger partial charge on any atom is 2.00 e. The van der Waals surface area contributed by atoms with Gasteiger partial charge in [0.15, 0.2) is 0 Å². The third-order valence-corrected chi connectivity index (χ3v) is 2.51. The van der Waals surface area contributed by atoms with E-state index >= 15 is 0 Å². The van der Waals surface area contributed by atoms with Gasteiger partial charge in [0.05, 0.1) is 5.56 Å². The summed E-state index contributed by atoms with van der Waals surface area (Å²) in [4.78, 5) is 22.5. The predicted octanol–water partition coefficient (Wildman–Crippen LogP) is 1.33. The smallest absolute Gasteiger partial charge is 0.872 e. The summed E-state index contributed by atoms with van der Waals surface area (Å²) in [5.41, 5.74) is 0.402. The van der Waals surface area contributed by atoms with Crippen molar-refractivity contribution in [1.82, 2.24) is 0 Å². The van der Waals surface area contributed by atoms with E-state index < -0.39 is 11.7 Å². The first-order valence-electron chi connectivity index (χ1n) is 5.48. The monoisotopic (exact) mass is 296 g/mol. The van der Waals surface area contributed by atoms with Crippen molar-refractivity contribution >= 4 is 55.3 Å². The number of nitrogens with one attached hydrogen (secondary N) is 1. The van der Waals surface area contributed by atoms with Crippen molar-refractivity contribution in [3.63, 3.8) is 0 Å². The molecule has 6 heteroatoms. The molecular formula is C14H10CaNO4+. The molecule has 0 aliphatic heterocycles. The summed E-state index contributed by atoms with van der Waals surface area (Å²) in [6.07, 6.45) is 0. The molecule has 1 amide bonds. The number of aromatic carboxylic acids is 1. The van der Waals surface area contributed by atoms with E-state index in [9.17, 15) is 14.7 Å². The molecule has 0 aliphatic rings. The fourth-order valence-electron chi connectivity index (χ4n) is 1.57. The molecule has 2 aromatic rings. The average Bonchev–Trinajstić information content (AvgIpc) is 2.39. The van der Waals surface area contributed by atoms with Crippen LogP contribution in [0, 0.1) is 0 Å². The van der Waals surface area contributed by atoms with Gasteiger partial charge >= 0.3 is 43.7 Å². The van der Waals surface area contributed by atoms with Crippen LogP contribution in [0.3, 0.4) is 0 Å². The number of hydrogen-bond acceptors (Lipinski definition) is 3.